The molecule has 1 N–H and O–H groups in total. The first-order valence-electron chi connectivity index (χ1n) is 8.17. The minimum atomic E-state index is 0.586. The SMILES string of the molecule is CCNC(=NCCN(C)C(C)C)N1CC(C)CC(C)C1. The van der Waals surface area contributed by atoms with Crippen LogP contribution in [0.1, 0.15) is 41.0 Å². The first kappa shape index (κ1) is 17.3. The van der Waals surface area contributed by atoms with E-state index in [4.69, 9.17) is 4.99 Å². The van der Waals surface area contributed by atoms with Gasteiger partial charge >= 0.3 is 0 Å². The topological polar surface area (TPSA) is 30.9 Å². The molecule has 20 heavy (non-hydrogen) atoms. The highest BCUT2D eigenvalue weighted by Gasteiger charge is 2.23. The first-order chi connectivity index (χ1) is 9.43. The lowest BCUT2D eigenvalue weighted by Crippen LogP contribution is -2.48. The van der Waals surface area contributed by atoms with E-state index >= 15 is 0 Å². The lowest BCUT2D eigenvalue weighted by Gasteiger charge is -2.37. The van der Waals surface area contributed by atoms with E-state index in [1.165, 1.54) is 6.42 Å². The second-order valence-electron chi connectivity index (χ2n) is 6.66. The Morgan fingerprint density at radius 1 is 1.30 bits per heavy atom. The summed E-state index contributed by atoms with van der Waals surface area (Å²) in [5, 5.41) is 3.45. The van der Waals surface area contributed by atoms with Gasteiger partial charge in [-0.25, -0.2) is 0 Å². The van der Waals surface area contributed by atoms with Crippen molar-refractivity contribution in [2.24, 2.45) is 16.8 Å². The van der Waals surface area contributed by atoms with Crippen LogP contribution < -0.4 is 5.32 Å². The van der Waals surface area contributed by atoms with Gasteiger partial charge in [-0.1, -0.05) is 13.8 Å². The molecule has 0 aromatic rings. The molecule has 0 bridgehead atoms. The van der Waals surface area contributed by atoms with Crippen molar-refractivity contribution in [3.8, 4) is 0 Å². The van der Waals surface area contributed by atoms with Gasteiger partial charge in [0.15, 0.2) is 5.96 Å². The van der Waals surface area contributed by atoms with Crippen LogP contribution in [-0.4, -0.2) is 61.6 Å². The predicted molar refractivity (Wildman–Crippen MR) is 88.3 cm³/mol. The molecule has 2 unspecified atom stereocenters. The molecule has 0 amide bonds. The third-order valence-corrected chi connectivity index (χ3v) is 4.10. The minimum absolute atomic E-state index is 0.586. The fourth-order valence-corrected chi connectivity index (χ4v) is 2.83. The smallest absolute Gasteiger partial charge is 0.193 e. The molecule has 4 heteroatoms. The van der Waals surface area contributed by atoms with Gasteiger partial charge in [-0.05, 0) is 46.1 Å². The third-order valence-electron chi connectivity index (χ3n) is 4.10. The van der Waals surface area contributed by atoms with E-state index < -0.39 is 0 Å². The van der Waals surface area contributed by atoms with Gasteiger partial charge in [0.25, 0.3) is 0 Å². The maximum Gasteiger partial charge on any atom is 0.193 e. The first-order valence-corrected chi connectivity index (χ1v) is 8.17. The number of nitrogens with one attached hydrogen (secondary N) is 1. The summed E-state index contributed by atoms with van der Waals surface area (Å²) < 4.78 is 0. The molecular weight excluding hydrogens is 248 g/mol. The number of likely N-dealkylation sites (N-methyl/N-ethyl adjacent to an activating group) is 1. The van der Waals surface area contributed by atoms with E-state index in [1.807, 2.05) is 0 Å². The molecule has 1 aliphatic heterocycles. The highest BCUT2D eigenvalue weighted by atomic mass is 15.3. The molecule has 0 spiro atoms. The third kappa shape index (κ3) is 5.70. The monoisotopic (exact) mass is 282 g/mol. The molecule has 1 fully saturated rings. The average molecular weight is 282 g/mol. The van der Waals surface area contributed by atoms with Gasteiger partial charge in [0, 0.05) is 32.2 Å². The van der Waals surface area contributed by atoms with Gasteiger partial charge in [0.2, 0.25) is 0 Å². The minimum Gasteiger partial charge on any atom is -0.357 e. The Kier molecular flexibility index (Phi) is 7.35. The average Bonchev–Trinajstić information content (AvgIpc) is 2.36. The molecule has 1 aliphatic rings. The van der Waals surface area contributed by atoms with Crippen molar-refractivity contribution < 1.29 is 0 Å². The van der Waals surface area contributed by atoms with Crippen LogP contribution in [0.15, 0.2) is 4.99 Å². The molecule has 1 saturated heterocycles. The maximum absolute atomic E-state index is 4.82. The summed E-state index contributed by atoms with van der Waals surface area (Å²) >= 11 is 0. The van der Waals surface area contributed by atoms with Crippen molar-refractivity contribution >= 4 is 5.96 Å². The number of guanidine groups is 1. The second kappa shape index (κ2) is 8.50. The number of hydrogen-bond donors (Lipinski definition) is 1. The summed E-state index contributed by atoms with van der Waals surface area (Å²) in [6, 6.07) is 0.586. The molecule has 0 aromatic heterocycles. The summed E-state index contributed by atoms with van der Waals surface area (Å²) in [7, 11) is 2.16. The van der Waals surface area contributed by atoms with E-state index in [-0.39, 0.29) is 0 Å². The number of aliphatic imine (C=N–C) groups is 1. The summed E-state index contributed by atoms with van der Waals surface area (Å²) in [6.45, 7) is 16.4. The number of rotatable bonds is 5. The van der Waals surface area contributed by atoms with Gasteiger partial charge in [0.1, 0.15) is 0 Å². The van der Waals surface area contributed by atoms with Crippen LogP contribution in [0.25, 0.3) is 0 Å². The van der Waals surface area contributed by atoms with E-state index in [9.17, 15) is 0 Å². The Hall–Kier alpha value is -0.770. The van der Waals surface area contributed by atoms with Crippen LogP contribution >= 0.6 is 0 Å². The molecule has 0 saturated carbocycles. The number of piperidine rings is 1. The molecule has 0 aliphatic carbocycles. The van der Waals surface area contributed by atoms with E-state index in [2.05, 4.69) is 56.8 Å². The zero-order valence-electron chi connectivity index (χ0n) is 14.3. The summed E-state index contributed by atoms with van der Waals surface area (Å²) in [5.74, 6) is 2.63. The molecule has 2 atom stereocenters. The summed E-state index contributed by atoms with van der Waals surface area (Å²) in [5.41, 5.74) is 0. The Bertz CT molecular complexity index is 291. The van der Waals surface area contributed by atoms with Crippen LogP contribution in [-0.2, 0) is 0 Å². The van der Waals surface area contributed by atoms with Crippen molar-refractivity contribution in [1.29, 1.82) is 0 Å². The number of nitrogens with zero attached hydrogens (tertiary/aromatic N) is 3. The molecule has 0 radical (unpaired) electrons. The lowest BCUT2D eigenvalue weighted by molar-refractivity contribution is 0.208. The van der Waals surface area contributed by atoms with Gasteiger partial charge in [0.05, 0.1) is 6.54 Å². The van der Waals surface area contributed by atoms with Crippen LogP contribution in [0.3, 0.4) is 0 Å². The van der Waals surface area contributed by atoms with Crippen molar-refractivity contribution in [1.82, 2.24) is 15.1 Å². The van der Waals surface area contributed by atoms with Crippen molar-refractivity contribution in [3.63, 3.8) is 0 Å². The maximum atomic E-state index is 4.82. The highest BCUT2D eigenvalue weighted by molar-refractivity contribution is 5.80. The van der Waals surface area contributed by atoms with E-state index in [0.717, 1.165) is 50.5 Å². The van der Waals surface area contributed by atoms with Crippen LogP contribution in [0.5, 0.6) is 0 Å². The number of likely N-dealkylation sites (tertiary alicyclic amines) is 1. The van der Waals surface area contributed by atoms with Gasteiger partial charge < -0.3 is 15.1 Å². The molecule has 1 heterocycles. The second-order valence-corrected chi connectivity index (χ2v) is 6.66. The van der Waals surface area contributed by atoms with Crippen LogP contribution in [0.4, 0.5) is 0 Å². The quantitative estimate of drug-likeness (QED) is 0.620. The van der Waals surface area contributed by atoms with Crippen molar-refractivity contribution in [2.75, 3.05) is 39.8 Å². The van der Waals surface area contributed by atoms with E-state index in [0.29, 0.717) is 6.04 Å². The van der Waals surface area contributed by atoms with Crippen molar-refractivity contribution in [2.45, 2.75) is 47.1 Å². The fraction of sp³-hybridized carbons (Fsp3) is 0.938. The highest BCUT2D eigenvalue weighted by Crippen LogP contribution is 2.20. The van der Waals surface area contributed by atoms with Crippen molar-refractivity contribution in [3.05, 3.63) is 0 Å². The molecule has 118 valence electrons. The summed E-state index contributed by atoms with van der Waals surface area (Å²) in [6.07, 6.45) is 1.34. The molecule has 4 nitrogen and oxygen atoms in total. The zero-order valence-corrected chi connectivity index (χ0v) is 14.3. The molecule has 0 aromatic carbocycles. The summed E-state index contributed by atoms with van der Waals surface area (Å²) in [4.78, 5) is 9.60. The van der Waals surface area contributed by atoms with Gasteiger partial charge in [-0.15, -0.1) is 0 Å². The standard InChI is InChI=1S/C16H34N4/c1-7-17-16(18-8-9-19(6)13(2)3)20-11-14(4)10-15(5)12-20/h13-15H,7-12H2,1-6H3,(H,17,18). The molecular formula is C16H34N4. The largest absolute Gasteiger partial charge is 0.357 e. The Morgan fingerprint density at radius 3 is 2.40 bits per heavy atom. The predicted octanol–water partition coefficient (Wildman–Crippen LogP) is 2.27. The number of hydrogen-bond acceptors (Lipinski definition) is 2. The lowest BCUT2D eigenvalue weighted by atomic mass is 9.92. The van der Waals surface area contributed by atoms with Gasteiger partial charge in [-0.3, -0.25) is 4.99 Å². The fourth-order valence-electron chi connectivity index (χ4n) is 2.83. The van der Waals surface area contributed by atoms with Crippen LogP contribution in [0, 0.1) is 11.8 Å². The Morgan fingerprint density at radius 2 is 1.90 bits per heavy atom. The normalized spacial score (nSPS) is 24.6. The Labute approximate surface area is 125 Å². The van der Waals surface area contributed by atoms with E-state index in [1.54, 1.807) is 0 Å². The van der Waals surface area contributed by atoms with Gasteiger partial charge in [-0.2, -0.15) is 0 Å². The molecule has 1 rings (SSSR count). The zero-order chi connectivity index (χ0) is 15.1. The Balaban J connectivity index is 2.58. The van der Waals surface area contributed by atoms with Crippen LogP contribution in [0.2, 0.25) is 0 Å².